The Balaban J connectivity index is 2.40. The molecule has 0 atom stereocenters. The number of hydrogen-bond acceptors (Lipinski definition) is 6. The van der Waals surface area contributed by atoms with Crippen LogP contribution in [0.15, 0.2) is 45.6 Å². The number of pyridine rings is 1. The fourth-order valence-electron chi connectivity index (χ4n) is 1.94. The van der Waals surface area contributed by atoms with Gasteiger partial charge in [-0.1, -0.05) is 30.0 Å². The first-order chi connectivity index (χ1) is 11.0. The van der Waals surface area contributed by atoms with Crippen LogP contribution in [0.2, 0.25) is 0 Å². The number of thioether (sulfide) groups is 1. The second-order valence-corrected chi connectivity index (χ2v) is 5.72. The minimum atomic E-state index is -0.455. The molecule has 2 N–H and O–H groups in total. The van der Waals surface area contributed by atoms with Gasteiger partial charge in [-0.2, -0.15) is 10.4 Å². The summed E-state index contributed by atoms with van der Waals surface area (Å²) in [6, 6.07) is 11.4. The molecule has 116 valence electrons. The second-order valence-electron chi connectivity index (χ2n) is 4.75. The van der Waals surface area contributed by atoms with Crippen molar-refractivity contribution >= 4 is 29.0 Å². The van der Waals surface area contributed by atoms with Gasteiger partial charge >= 0.3 is 0 Å². The van der Waals surface area contributed by atoms with E-state index < -0.39 is 5.91 Å². The number of carbonyl (C=O) groups is 1. The van der Waals surface area contributed by atoms with Crippen LogP contribution in [0.1, 0.15) is 16.8 Å². The Hall–Kier alpha value is -2.72. The SMILES string of the molecule is Cc1nc(SCC(N)=O)c(C#N)c(C)c1N=Nc1ccccc1. The molecule has 2 rings (SSSR count). The lowest BCUT2D eigenvalue weighted by Crippen LogP contribution is -2.13. The van der Waals surface area contributed by atoms with Crippen molar-refractivity contribution in [3.8, 4) is 6.07 Å². The number of nitriles is 1. The average molecular weight is 325 g/mol. The van der Waals surface area contributed by atoms with Gasteiger partial charge in [-0.05, 0) is 31.5 Å². The monoisotopic (exact) mass is 325 g/mol. The Morgan fingerprint density at radius 2 is 2.00 bits per heavy atom. The minimum Gasteiger partial charge on any atom is -0.369 e. The topological polar surface area (TPSA) is 104 Å². The van der Waals surface area contributed by atoms with Crippen molar-refractivity contribution in [2.75, 3.05) is 5.75 Å². The molecule has 0 aliphatic heterocycles. The summed E-state index contributed by atoms with van der Waals surface area (Å²) in [7, 11) is 0. The molecule has 0 fully saturated rings. The summed E-state index contributed by atoms with van der Waals surface area (Å²) in [6.07, 6.45) is 0. The molecule has 23 heavy (non-hydrogen) atoms. The van der Waals surface area contributed by atoms with Crippen LogP contribution >= 0.6 is 11.8 Å². The number of amides is 1. The van der Waals surface area contributed by atoms with Gasteiger partial charge in [0.2, 0.25) is 5.91 Å². The highest BCUT2D eigenvalue weighted by Gasteiger charge is 2.15. The molecule has 2 aromatic rings. The summed E-state index contributed by atoms with van der Waals surface area (Å²) < 4.78 is 0. The van der Waals surface area contributed by atoms with Gasteiger partial charge in [-0.15, -0.1) is 5.11 Å². The van der Waals surface area contributed by atoms with Gasteiger partial charge in [0.15, 0.2) is 0 Å². The number of nitrogens with two attached hydrogens (primary N) is 1. The fraction of sp³-hybridized carbons (Fsp3) is 0.188. The lowest BCUT2D eigenvalue weighted by Gasteiger charge is -2.09. The highest BCUT2D eigenvalue weighted by Crippen LogP contribution is 2.32. The summed E-state index contributed by atoms with van der Waals surface area (Å²) in [5.74, 6) is -0.380. The molecule has 0 radical (unpaired) electrons. The van der Waals surface area contributed by atoms with Crippen LogP contribution in [0.3, 0.4) is 0 Å². The van der Waals surface area contributed by atoms with Gasteiger partial charge in [0.1, 0.15) is 16.8 Å². The molecule has 0 saturated carbocycles. The molecule has 0 saturated heterocycles. The highest BCUT2D eigenvalue weighted by atomic mass is 32.2. The van der Waals surface area contributed by atoms with Crippen LogP contribution in [0.5, 0.6) is 0 Å². The zero-order valence-electron chi connectivity index (χ0n) is 12.8. The number of nitrogens with zero attached hydrogens (tertiary/aromatic N) is 4. The van der Waals surface area contributed by atoms with E-state index in [-0.39, 0.29) is 5.75 Å². The number of hydrogen-bond donors (Lipinski definition) is 1. The zero-order chi connectivity index (χ0) is 16.8. The number of primary amides is 1. The summed E-state index contributed by atoms with van der Waals surface area (Å²) in [5.41, 5.74) is 8.15. The minimum absolute atomic E-state index is 0.0748. The molecule has 0 spiro atoms. The first-order valence-electron chi connectivity index (χ1n) is 6.82. The number of carbonyl (C=O) groups excluding carboxylic acids is 1. The number of aryl methyl sites for hydroxylation is 1. The maximum Gasteiger partial charge on any atom is 0.227 e. The Bertz CT molecular complexity index is 796. The van der Waals surface area contributed by atoms with Gasteiger partial charge in [-0.3, -0.25) is 4.79 Å². The van der Waals surface area contributed by atoms with Crippen LogP contribution in [0, 0.1) is 25.2 Å². The Labute approximate surface area is 138 Å². The number of benzene rings is 1. The standard InChI is InChI=1S/C16H15N5OS/c1-10-13(8-17)16(23-9-14(18)22)19-11(2)15(10)21-20-12-6-4-3-5-7-12/h3-7H,9H2,1-2H3,(H2,18,22). The Morgan fingerprint density at radius 1 is 1.30 bits per heavy atom. The van der Waals surface area contributed by atoms with Crippen molar-refractivity contribution < 1.29 is 4.79 Å². The first kappa shape index (κ1) is 16.6. The Kier molecular flexibility index (Phi) is 5.44. The normalized spacial score (nSPS) is 10.7. The van der Waals surface area contributed by atoms with Crippen LogP contribution in [0.25, 0.3) is 0 Å². The van der Waals surface area contributed by atoms with Gasteiger partial charge in [0.05, 0.1) is 22.7 Å². The molecule has 1 aromatic carbocycles. The van der Waals surface area contributed by atoms with Crippen molar-refractivity contribution in [2.45, 2.75) is 18.9 Å². The van der Waals surface area contributed by atoms with Crippen molar-refractivity contribution in [1.82, 2.24) is 4.98 Å². The number of rotatable bonds is 5. The van der Waals surface area contributed by atoms with Crippen molar-refractivity contribution in [2.24, 2.45) is 16.0 Å². The smallest absolute Gasteiger partial charge is 0.227 e. The van der Waals surface area contributed by atoms with E-state index in [9.17, 15) is 10.1 Å². The summed E-state index contributed by atoms with van der Waals surface area (Å²) in [6.45, 7) is 3.59. The average Bonchev–Trinajstić information content (AvgIpc) is 2.53. The van der Waals surface area contributed by atoms with Crippen molar-refractivity contribution in [1.29, 1.82) is 5.26 Å². The van der Waals surface area contributed by atoms with Gasteiger partial charge < -0.3 is 5.73 Å². The zero-order valence-corrected chi connectivity index (χ0v) is 13.6. The molecule has 0 unspecified atom stereocenters. The number of azo groups is 1. The van der Waals surface area contributed by atoms with Crippen molar-refractivity contribution in [3.63, 3.8) is 0 Å². The lowest BCUT2D eigenvalue weighted by molar-refractivity contribution is -0.115. The van der Waals surface area contributed by atoms with Crippen LogP contribution in [0.4, 0.5) is 11.4 Å². The van der Waals surface area contributed by atoms with E-state index in [1.54, 1.807) is 13.8 Å². The van der Waals surface area contributed by atoms with Gasteiger partial charge in [-0.25, -0.2) is 4.98 Å². The maximum absolute atomic E-state index is 10.9. The first-order valence-corrected chi connectivity index (χ1v) is 7.80. The molecule has 7 heteroatoms. The molecule has 1 aromatic heterocycles. The summed E-state index contributed by atoms with van der Waals surface area (Å²) >= 11 is 1.15. The molecular weight excluding hydrogens is 310 g/mol. The van der Waals surface area contributed by atoms with Crippen LogP contribution in [-0.2, 0) is 4.79 Å². The van der Waals surface area contributed by atoms with E-state index >= 15 is 0 Å². The van der Waals surface area contributed by atoms with E-state index in [2.05, 4.69) is 21.3 Å². The third-order valence-corrected chi connectivity index (χ3v) is 4.04. The third kappa shape index (κ3) is 4.14. The lowest BCUT2D eigenvalue weighted by atomic mass is 10.1. The second kappa shape index (κ2) is 7.51. The molecule has 1 heterocycles. The van der Waals surface area contributed by atoms with Crippen LogP contribution < -0.4 is 5.73 Å². The largest absolute Gasteiger partial charge is 0.369 e. The molecule has 0 aliphatic carbocycles. The fourth-order valence-corrected chi connectivity index (χ4v) is 2.76. The van der Waals surface area contributed by atoms with E-state index in [4.69, 9.17) is 5.73 Å². The summed E-state index contributed by atoms with van der Waals surface area (Å²) in [5, 5.41) is 18.3. The molecule has 6 nitrogen and oxygen atoms in total. The third-order valence-electron chi connectivity index (χ3n) is 3.04. The predicted octanol–water partition coefficient (Wildman–Crippen LogP) is 3.56. The van der Waals surface area contributed by atoms with E-state index in [0.29, 0.717) is 27.5 Å². The molecule has 0 aliphatic rings. The maximum atomic E-state index is 10.9. The van der Waals surface area contributed by atoms with Crippen LogP contribution in [-0.4, -0.2) is 16.6 Å². The van der Waals surface area contributed by atoms with Gasteiger partial charge in [0, 0.05) is 0 Å². The highest BCUT2D eigenvalue weighted by molar-refractivity contribution is 8.00. The van der Waals surface area contributed by atoms with Gasteiger partial charge in [0.25, 0.3) is 0 Å². The quantitative estimate of drug-likeness (QED) is 0.670. The number of aromatic nitrogens is 1. The Morgan fingerprint density at radius 3 is 2.61 bits per heavy atom. The van der Waals surface area contributed by atoms with E-state index in [1.807, 2.05) is 30.3 Å². The van der Waals surface area contributed by atoms with Crippen molar-refractivity contribution in [3.05, 3.63) is 47.2 Å². The summed E-state index contributed by atoms with van der Waals surface area (Å²) in [4.78, 5) is 15.3. The van der Waals surface area contributed by atoms with E-state index in [1.165, 1.54) is 0 Å². The molecular formula is C16H15N5OS. The predicted molar refractivity (Wildman–Crippen MR) is 89.0 cm³/mol. The molecule has 1 amide bonds. The molecule has 0 bridgehead atoms. The van der Waals surface area contributed by atoms with E-state index in [0.717, 1.165) is 17.4 Å².